The number of amides is 2. The number of likely N-dealkylation sites (tertiary alicyclic amines) is 1. The lowest BCUT2D eigenvalue weighted by Gasteiger charge is -2.23. The average Bonchev–Trinajstić information content (AvgIpc) is 2.90. The highest BCUT2D eigenvalue weighted by molar-refractivity contribution is 5.89. The third-order valence-corrected chi connectivity index (χ3v) is 3.18. The van der Waals surface area contributed by atoms with Crippen LogP contribution in [0.25, 0.3) is 0 Å². The molecule has 2 amide bonds. The molecule has 0 unspecified atom stereocenters. The summed E-state index contributed by atoms with van der Waals surface area (Å²) in [5.74, 6) is 2.18. The van der Waals surface area contributed by atoms with Crippen LogP contribution in [0, 0.1) is 12.3 Å². The highest BCUT2D eigenvalue weighted by atomic mass is 16.2. The normalized spacial score (nSPS) is 17.9. The van der Waals surface area contributed by atoms with Crippen LogP contribution in [-0.2, 0) is 9.59 Å². The Bertz CT molecular complexity index is 343. The Morgan fingerprint density at radius 1 is 1.39 bits per heavy atom. The molecule has 1 fully saturated rings. The number of nitrogens with zero attached hydrogens (tertiary/aromatic N) is 1. The second-order valence-electron chi connectivity index (χ2n) is 4.51. The van der Waals surface area contributed by atoms with E-state index in [9.17, 15) is 9.59 Å². The molecule has 0 aliphatic carbocycles. The summed E-state index contributed by atoms with van der Waals surface area (Å²) in [5, 5.41) is 5.54. The van der Waals surface area contributed by atoms with Gasteiger partial charge in [0, 0.05) is 19.5 Å². The lowest BCUT2D eigenvalue weighted by atomic mass is 10.1. The quantitative estimate of drug-likeness (QED) is 0.661. The zero-order valence-electron chi connectivity index (χ0n) is 11.0. The van der Waals surface area contributed by atoms with Crippen LogP contribution < -0.4 is 10.6 Å². The number of hydrogen-bond acceptors (Lipinski definition) is 3. The Hall–Kier alpha value is -1.54. The zero-order valence-corrected chi connectivity index (χ0v) is 11.0. The molecule has 5 nitrogen and oxygen atoms in total. The fourth-order valence-corrected chi connectivity index (χ4v) is 1.90. The molecule has 18 heavy (non-hydrogen) atoms. The lowest BCUT2D eigenvalue weighted by Crippen LogP contribution is -2.51. The standard InChI is InChI=1S/C13H21N3O2/c1-4-7-11(15-12(17)10(2)14-3)13(18)16-8-5-6-9-16/h1,10-11,14H,5-9H2,2-3H3,(H,15,17)/t10-,11-/m0/s1. The van der Waals surface area contributed by atoms with Crippen molar-refractivity contribution >= 4 is 11.8 Å². The van der Waals surface area contributed by atoms with Gasteiger partial charge in [0.25, 0.3) is 0 Å². The molecule has 1 aliphatic rings. The first kappa shape index (κ1) is 14.5. The van der Waals surface area contributed by atoms with Crippen LogP contribution in [0.3, 0.4) is 0 Å². The van der Waals surface area contributed by atoms with Crippen LogP contribution in [0.5, 0.6) is 0 Å². The largest absolute Gasteiger partial charge is 0.342 e. The average molecular weight is 251 g/mol. The molecule has 5 heteroatoms. The van der Waals surface area contributed by atoms with Crippen molar-refractivity contribution in [2.24, 2.45) is 0 Å². The summed E-state index contributed by atoms with van der Waals surface area (Å²) in [6, 6.07) is -0.937. The van der Waals surface area contributed by atoms with Crippen molar-refractivity contribution in [2.75, 3.05) is 20.1 Å². The van der Waals surface area contributed by atoms with Gasteiger partial charge in [-0.1, -0.05) is 0 Å². The van der Waals surface area contributed by atoms with Gasteiger partial charge in [0.05, 0.1) is 6.04 Å². The maximum absolute atomic E-state index is 12.2. The number of carbonyl (C=O) groups is 2. The van der Waals surface area contributed by atoms with E-state index in [0.29, 0.717) is 0 Å². The predicted molar refractivity (Wildman–Crippen MR) is 69.7 cm³/mol. The van der Waals surface area contributed by atoms with Gasteiger partial charge in [-0.15, -0.1) is 12.3 Å². The number of rotatable bonds is 5. The minimum absolute atomic E-state index is 0.0675. The third-order valence-electron chi connectivity index (χ3n) is 3.18. The first-order chi connectivity index (χ1) is 8.60. The van der Waals surface area contributed by atoms with Gasteiger partial charge in [0.1, 0.15) is 6.04 Å². The molecule has 0 saturated carbocycles. The van der Waals surface area contributed by atoms with Gasteiger partial charge < -0.3 is 15.5 Å². The highest BCUT2D eigenvalue weighted by Crippen LogP contribution is 2.10. The van der Waals surface area contributed by atoms with E-state index >= 15 is 0 Å². The fourth-order valence-electron chi connectivity index (χ4n) is 1.90. The van der Waals surface area contributed by atoms with E-state index < -0.39 is 6.04 Å². The molecular weight excluding hydrogens is 230 g/mol. The molecule has 2 atom stereocenters. The van der Waals surface area contributed by atoms with E-state index in [4.69, 9.17) is 6.42 Å². The van der Waals surface area contributed by atoms with Crippen molar-refractivity contribution < 1.29 is 9.59 Å². The molecule has 1 rings (SSSR count). The van der Waals surface area contributed by atoms with Gasteiger partial charge >= 0.3 is 0 Å². The summed E-state index contributed by atoms with van der Waals surface area (Å²) in [6.07, 6.45) is 7.54. The van der Waals surface area contributed by atoms with E-state index in [1.54, 1.807) is 18.9 Å². The predicted octanol–water partition coefficient (Wildman–Crippen LogP) is -0.275. The smallest absolute Gasteiger partial charge is 0.246 e. The van der Waals surface area contributed by atoms with Crippen molar-refractivity contribution in [1.29, 1.82) is 0 Å². The van der Waals surface area contributed by atoms with Gasteiger partial charge in [-0.05, 0) is 26.8 Å². The Kier molecular flexibility index (Phi) is 5.66. The molecule has 2 N–H and O–H groups in total. The van der Waals surface area contributed by atoms with Gasteiger partial charge in [0.15, 0.2) is 0 Å². The summed E-state index contributed by atoms with van der Waals surface area (Å²) in [7, 11) is 1.70. The molecule has 0 aromatic rings. The molecule has 0 radical (unpaired) electrons. The minimum atomic E-state index is -0.601. The van der Waals surface area contributed by atoms with Crippen molar-refractivity contribution in [1.82, 2.24) is 15.5 Å². The van der Waals surface area contributed by atoms with Gasteiger partial charge in [-0.25, -0.2) is 0 Å². The summed E-state index contributed by atoms with van der Waals surface area (Å²) in [4.78, 5) is 25.7. The van der Waals surface area contributed by atoms with Gasteiger partial charge in [-0.2, -0.15) is 0 Å². The molecule has 100 valence electrons. The van der Waals surface area contributed by atoms with Crippen LogP contribution in [0.1, 0.15) is 26.2 Å². The molecule has 1 aliphatic heterocycles. The van der Waals surface area contributed by atoms with Crippen molar-refractivity contribution in [3.05, 3.63) is 0 Å². The summed E-state index contributed by atoms with van der Waals surface area (Å²) < 4.78 is 0. The minimum Gasteiger partial charge on any atom is -0.342 e. The summed E-state index contributed by atoms with van der Waals surface area (Å²) >= 11 is 0. The molecular formula is C13H21N3O2. The fraction of sp³-hybridized carbons (Fsp3) is 0.692. The monoisotopic (exact) mass is 251 g/mol. The van der Waals surface area contributed by atoms with Crippen LogP contribution in [0.4, 0.5) is 0 Å². The topological polar surface area (TPSA) is 61.4 Å². The molecule has 0 aromatic carbocycles. The number of nitrogens with one attached hydrogen (secondary N) is 2. The van der Waals surface area contributed by atoms with Crippen molar-refractivity contribution in [3.63, 3.8) is 0 Å². The summed E-state index contributed by atoms with van der Waals surface area (Å²) in [6.45, 7) is 3.26. The lowest BCUT2D eigenvalue weighted by molar-refractivity contribution is -0.135. The Balaban J connectivity index is 2.61. The number of likely N-dealkylation sites (N-methyl/N-ethyl adjacent to an activating group) is 1. The SMILES string of the molecule is C#CC[C@H](NC(=O)[C@H](C)NC)C(=O)N1CCCC1. The number of hydrogen-bond donors (Lipinski definition) is 2. The van der Waals surface area contributed by atoms with Gasteiger partial charge in [0.2, 0.25) is 11.8 Å². The third kappa shape index (κ3) is 3.74. The van der Waals surface area contributed by atoms with E-state index in [-0.39, 0.29) is 24.3 Å². The molecule has 0 spiro atoms. The first-order valence-electron chi connectivity index (χ1n) is 6.30. The maximum atomic E-state index is 12.2. The van der Waals surface area contributed by atoms with Crippen LogP contribution in [0.2, 0.25) is 0 Å². The second-order valence-corrected chi connectivity index (χ2v) is 4.51. The molecule has 1 saturated heterocycles. The molecule has 0 aromatic heterocycles. The highest BCUT2D eigenvalue weighted by Gasteiger charge is 2.27. The Morgan fingerprint density at radius 3 is 2.50 bits per heavy atom. The van der Waals surface area contributed by atoms with Crippen molar-refractivity contribution in [3.8, 4) is 12.3 Å². The second kappa shape index (κ2) is 7.02. The van der Waals surface area contributed by atoms with Crippen LogP contribution in [0.15, 0.2) is 0 Å². The Morgan fingerprint density at radius 2 is 2.00 bits per heavy atom. The molecule has 0 bridgehead atoms. The first-order valence-corrected chi connectivity index (χ1v) is 6.30. The van der Waals surface area contributed by atoms with E-state index in [2.05, 4.69) is 16.6 Å². The van der Waals surface area contributed by atoms with E-state index in [1.807, 2.05) is 0 Å². The number of carbonyl (C=O) groups excluding carboxylic acids is 2. The van der Waals surface area contributed by atoms with Crippen molar-refractivity contribution in [2.45, 2.75) is 38.3 Å². The van der Waals surface area contributed by atoms with Crippen LogP contribution >= 0.6 is 0 Å². The zero-order chi connectivity index (χ0) is 13.5. The Labute approximate surface area is 108 Å². The number of terminal acetylenes is 1. The maximum Gasteiger partial charge on any atom is 0.246 e. The van der Waals surface area contributed by atoms with E-state index in [0.717, 1.165) is 25.9 Å². The molecule has 1 heterocycles. The van der Waals surface area contributed by atoms with Crippen LogP contribution in [-0.4, -0.2) is 48.9 Å². The summed E-state index contributed by atoms with van der Waals surface area (Å²) in [5.41, 5.74) is 0. The van der Waals surface area contributed by atoms with E-state index in [1.165, 1.54) is 0 Å². The van der Waals surface area contributed by atoms with Gasteiger partial charge in [-0.3, -0.25) is 9.59 Å².